The molecule has 1 fully saturated rings. The van der Waals surface area contributed by atoms with Gasteiger partial charge < -0.3 is 28.4 Å². The van der Waals surface area contributed by atoms with Crippen molar-refractivity contribution >= 4 is 23.5 Å². The number of carbonyl (C=O) groups excluding carboxylic acids is 2. The first-order valence-corrected chi connectivity index (χ1v) is 15.1. The molecular formula is C35H39NO8. The largest absolute Gasteiger partial charge is 0.513 e. The molecule has 0 aliphatic carbocycles. The van der Waals surface area contributed by atoms with Gasteiger partial charge in [0, 0.05) is 30.3 Å². The second-order valence-electron chi connectivity index (χ2n) is 10.9. The van der Waals surface area contributed by atoms with Crippen LogP contribution in [-0.4, -0.2) is 56.7 Å². The fraction of sp³-hybridized carbons (Fsp3) is 0.371. The van der Waals surface area contributed by atoms with Gasteiger partial charge in [-0.2, -0.15) is 0 Å². The minimum absolute atomic E-state index is 0.217. The third-order valence-corrected chi connectivity index (χ3v) is 7.73. The van der Waals surface area contributed by atoms with Crippen LogP contribution in [-0.2, 0) is 9.47 Å². The molecule has 2 heterocycles. The number of ether oxygens (including phenoxy) is 6. The fourth-order valence-electron chi connectivity index (χ4n) is 5.55. The van der Waals surface area contributed by atoms with Crippen LogP contribution in [0, 0.1) is 5.92 Å². The number of allylic oxidation sites excluding steroid dienone is 1. The number of likely N-dealkylation sites (tertiary alicyclic amines) is 1. The van der Waals surface area contributed by atoms with Crippen molar-refractivity contribution in [3.63, 3.8) is 0 Å². The Morgan fingerprint density at radius 2 is 1.50 bits per heavy atom. The summed E-state index contributed by atoms with van der Waals surface area (Å²) in [5.41, 5.74) is 4.65. The Bertz CT molecular complexity index is 1480. The normalized spacial score (nSPS) is 17.8. The molecule has 0 bridgehead atoms. The standard InChI is InChI=1S/C35H39NO8/c1-5-39-34(37)42-28-13-7-25(8-14-28)32-24(4)30-16-15-29(43-35(38)40-6-2)21-31(30)44-33(32)26-9-11-27(12-10-26)41-20-19-36-18-17-23(3)22-36/h7-16,21,23,33H,5-6,17-20,22H2,1-4H3/t23-,33+/m1/s1. The second kappa shape index (κ2) is 14.3. The van der Waals surface area contributed by atoms with Crippen molar-refractivity contribution in [3.05, 3.63) is 83.4 Å². The average Bonchev–Trinajstić information content (AvgIpc) is 3.43. The Kier molecular flexibility index (Phi) is 10.1. The maximum Gasteiger partial charge on any atom is 0.513 e. The van der Waals surface area contributed by atoms with Gasteiger partial charge in [0.1, 0.15) is 35.7 Å². The first kappa shape index (κ1) is 30.9. The minimum atomic E-state index is -0.771. The predicted octanol–water partition coefficient (Wildman–Crippen LogP) is 7.54. The maximum atomic E-state index is 11.9. The molecule has 232 valence electrons. The van der Waals surface area contributed by atoms with Crippen LogP contribution >= 0.6 is 0 Å². The van der Waals surface area contributed by atoms with Crippen molar-refractivity contribution in [2.24, 2.45) is 5.92 Å². The van der Waals surface area contributed by atoms with Crippen LogP contribution in [0.3, 0.4) is 0 Å². The molecule has 0 spiro atoms. The van der Waals surface area contributed by atoms with E-state index < -0.39 is 18.4 Å². The smallest absolute Gasteiger partial charge is 0.492 e. The Labute approximate surface area is 258 Å². The average molecular weight is 602 g/mol. The van der Waals surface area contributed by atoms with Crippen molar-refractivity contribution in [1.29, 1.82) is 0 Å². The highest BCUT2D eigenvalue weighted by atomic mass is 16.7. The van der Waals surface area contributed by atoms with Gasteiger partial charge >= 0.3 is 12.3 Å². The van der Waals surface area contributed by atoms with E-state index in [-0.39, 0.29) is 13.2 Å². The van der Waals surface area contributed by atoms with E-state index in [9.17, 15) is 9.59 Å². The lowest BCUT2D eigenvalue weighted by Crippen LogP contribution is -2.25. The maximum absolute atomic E-state index is 11.9. The number of benzene rings is 3. The van der Waals surface area contributed by atoms with Crippen molar-refractivity contribution in [2.75, 3.05) is 39.5 Å². The molecular weight excluding hydrogens is 562 g/mol. The second-order valence-corrected chi connectivity index (χ2v) is 10.9. The molecule has 3 aromatic carbocycles. The van der Waals surface area contributed by atoms with E-state index in [1.807, 2.05) is 49.4 Å². The van der Waals surface area contributed by atoms with Gasteiger partial charge in [0.25, 0.3) is 0 Å². The summed E-state index contributed by atoms with van der Waals surface area (Å²) in [7, 11) is 0. The highest BCUT2D eigenvalue weighted by Gasteiger charge is 2.30. The summed E-state index contributed by atoms with van der Waals surface area (Å²) in [4.78, 5) is 26.2. The highest BCUT2D eigenvalue weighted by molar-refractivity contribution is 5.95. The van der Waals surface area contributed by atoms with Crippen LogP contribution in [0.1, 0.15) is 56.9 Å². The first-order valence-electron chi connectivity index (χ1n) is 15.1. The molecule has 2 atom stereocenters. The zero-order valence-corrected chi connectivity index (χ0v) is 25.7. The number of rotatable bonds is 10. The van der Waals surface area contributed by atoms with Crippen molar-refractivity contribution < 1.29 is 38.0 Å². The third kappa shape index (κ3) is 7.52. The van der Waals surface area contributed by atoms with Crippen LogP contribution in [0.2, 0.25) is 0 Å². The SMILES string of the molecule is CCOC(=O)Oc1ccc(C2=C(C)c3ccc(OC(=O)OCC)cc3O[C@H]2c2ccc(OCCN3CC[C@@H](C)C3)cc2)cc1. The van der Waals surface area contributed by atoms with Gasteiger partial charge in [-0.15, -0.1) is 0 Å². The van der Waals surface area contributed by atoms with Gasteiger partial charge in [-0.25, -0.2) is 9.59 Å². The Morgan fingerprint density at radius 1 is 0.864 bits per heavy atom. The Hall–Kier alpha value is -4.50. The summed E-state index contributed by atoms with van der Waals surface area (Å²) in [5, 5.41) is 0. The Morgan fingerprint density at radius 3 is 2.14 bits per heavy atom. The van der Waals surface area contributed by atoms with Gasteiger partial charge in [0.15, 0.2) is 0 Å². The molecule has 0 saturated carbocycles. The van der Waals surface area contributed by atoms with E-state index in [1.165, 1.54) is 6.42 Å². The summed E-state index contributed by atoms with van der Waals surface area (Å²) in [6, 6.07) is 20.5. The highest BCUT2D eigenvalue weighted by Crippen LogP contribution is 2.47. The number of nitrogens with zero attached hydrogens (tertiary/aromatic N) is 1. The van der Waals surface area contributed by atoms with E-state index in [0.717, 1.165) is 59.1 Å². The summed E-state index contributed by atoms with van der Waals surface area (Å²) >= 11 is 0. The lowest BCUT2D eigenvalue weighted by Gasteiger charge is -2.31. The quantitative estimate of drug-likeness (QED) is 0.173. The summed E-state index contributed by atoms with van der Waals surface area (Å²) in [6.45, 7) is 12.0. The number of hydrogen-bond donors (Lipinski definition) is 0. The first-order chi connectivity index (χ1) is 21.3. The van der Waals surface area contributed by atoms with E-state index >= 15 is 0 Å². The van der Waals surface area contributed by atoms with Crippen LogP contribution in [0.5, 0.6) is 23.0 Å². The predicted molar refractivity (Wildman–Crippen MR) is 166 cm³/mol. The molecule has 5 rings (SSSR count). The van der Waals surface area contributed by atoms with Gasteiger partial charge in [-0.3, -0.25) is 4.90 Å². The molecule has 0 aromatic heterocycles. The lowest BCUT2D eigenvalue weighted by molar-refractivity contribution is 0.103. The molecule has 3 aromatic rings. The van der Waals surface area contributed by atoms with E-state index in [1.54, 1.807) is 38.1 Å². The molecule has 0 radical (unpaired) electrons. The fourth-order valence-corrected chi connectivity index (χ4v) is 5.55. The van der Waals surface area contributed by atoms with E-state index in [2.05, 4.69) is 11.8 Å². The van der Waals surface area contributed by atoms with Crippen LogP contribution in [0.25, 0.3) is 11.1 Å². The number of carbonyl (C=O) groups is 2. The zero-order valence-electron chi connectivity index (χ0n) is 25.7. The van der Waals surface area contributed by atoms with Crippen molar-refractivity contribution in [1.82, 2.24) is 4.90 Å². The van der Waals surface area contributed by atoms with Crippen molar-refractivity contribution in [3.8, 4) is 23.0 Å². The van der Waals surface area contributed by atoms with Gasteiger partial charge in [0.05, 0.1) is 13.2 Å². The molecule has 9 heteroatoms. The van der Waals surface area contributed by atoms with E-state index in [0.29, 0.717) is 23.9 Å². The monoisotopic (exact) mass is 601 g/mol. The summed E-state index contributed by atoms with van der Waals surface area (Å²) in [6.07, 6.45) is -0.752. The molecule has 0 unspecified atom stereocenters. The van der Waals surface area contributed by atoms with Gasteiger partial charge in [0.2, 0.25) is 0 Å². The Balaban J connectivity index is 1.41. The van der Waals surface area contributed by atoms with Gasteiger partial charge in [-0.1, -0.05) is 31.2 Å². The van der Waals surface area contributed by atoms with Crippen LogP contribution < -0.4 is 18.9 Å². The topological polar surface area (TPSA) is 92.8 Å². The van der Waals surface area contributed by atoms with Gasteiger partial charge in [-0.05, 0) is 92.8 Å². The lowest BCUT2D eigenvalue weighted by atomic mass is 9.86. The summed E-state index contributed by atoms with van der Waals surface area (Å²) < 4.78 is 33.1. The molecule has 44 heavy (non-hydrogen) atoms. The molecule has 0 N–H and O–H groups in total. The molecule has 2 aliphatic rings. The number of fused-ring (bicyclic) bond motifs is 1. The minimum Gasteiger partial charge on any atom is -0.492 e. The van der Waals surface area contributed by atoms with E-state index in [4.69, 9.17) is 28.4 Å². The van der Waals surface area contributed by atoms with Crippen molar-refractivity contribution in [2.45, 2.75) is 40.2 Å². The van der Waals surface area contributed by atoms with Crippen LogP contribution in [0.15, 0.2) is 66.7 Å². The molecule has 9 nitrogen and oxygen atoms in total. The molecule has 0 amide bonds. The molecule has 2 aliphatic heterocycles. The zero-order chi connectivity index (χ0) is 31.1. The third-order valence-electron chi connectivity index (χ3n) is 7.73. The number of hydrogen-bond acceptors (Lipinski definition) is 9. The molecule has 1 saturated heterocycles. The van der Waals surface area contributed by atoms with Crippen LogP contribution in [0.4, 0.5) is 9.59 Å². The summed E-state index contributed by atoms with van der Waals surface area (Å²) in [5.74, 6) is 2.83.